The van der Waals surface area contributed by atoms with Crippen LogP contribution in [0.5, 0.6) is 0 Å². The molecule has 0 bridgehead atoms. The molecule has 1 unspecified atom stereocenters. The molecule has 0 aromatic carbocycles. The molecule has 0 heterocycles. The lowest BCUT2D eigenvalue weighted by molar-refractivity contribution is 0.461. The first-order valence-corrected chi connectivity index (χ1v) is 4.14. The smallest absolute Gasteiger partial charge is 0.0839 e. The van der Waals surface area contributed by atoms with E-state index in [1.54, 1.807) is 0 Å². The highest BCUT2D eigenvalue weighted by molar-refractivity contribution is 4.58. The van der Waals surface area contributed by atoms with Crippen molar-refractivity contribution in [2.75, 3.05) is 6.54 Å². The van der Waals surface area contributed by atoms with Gasteiger partial charge in [0.2, 0.25) is 0 Å². The van der Waals surface area contributed by atoms with E-state index in [-0.39, 0.29) is 0 Å². The molecule has 0 aliphatic rings. The van der Waals surface area contributed by atoms with Crippen LogP contribution < -0.4 is 0 Å². The van der Waals surface area contributed by atoms with E-state index in [2.05, 4.69) is 19.0 Å². The minimum atomic E-state index is 0.510. The first-order valence-electron chi connectivity index (χ1n) is 4.14. The summed E-state index contributed by atoms with van der Waals surface area (Å²) >= 11 is 0. The molecule has 10 heavy (non-hydrogen) atoms. The van der Waals surface area contributed by atoms with E-state index in [1.807, 2.05) is 0 Å². The van der Waals surface area contributed by atoms with Crippen molar-refractivity contribution in [2.45, 2.75) is 39.5 Å². The van der Waals surface area contributed by atoms with Gasteiger partial charge < -0.3 is 0 Å². The van der Waals surface area contributed by atoms with Crippen LogP contribution in [-0.2, 0) is 0 Å². The monoisotopic (exact) mass is 143 g/mol. The Morgan fingerprint density at radius 2 is 2.10 bits per heavy atom. The molecule has 60 valence electrons. The lowest BCUT2D eigenvalue weighted by Gasteiger charge is -2.07. The maximum Gasteiger partial charge on any atom is 0.0839 e. The van der Waals surface area contributed by atoms with Gasteiger partial charge in [0.15, 0.2) is 0 Å². The zero-order valence-corrected chi connectivity index (χ0v) is 6.97. The van der Waals surface area contributed by atoms with E-state index in [4.69, 9.17) is 0 Å². The Morgan fingerprint density at radius 1 is 1.40 bits per heavy atom. The second-order valence-electron chi connectivity index (χ2n) is 2.73. The Labute approximate surface area is 63.0 Å². The minimum Gasteiger partial charge on any atom is -0.151 e. The fourth-order valence-corrected chi connectivity index (χ4v) is 1.02. The fourth-order valence-electron chi connectivity index (χ4n) is 1.02. The van der Waals surface area contributed by atoms with E-state index in [1.165, 1.54) is 19.3 Å². The maximum absolute atomic E-state index is 9.89. The third kappa shape index (κ3) is 4.48. The Kier molecular flexibility index (Phi) is 6.45. The molecule has 0 aromatic heterocycles. The first-order chi connectivity index (χ1) is 4.85. The zero-order chi connectivity index (χ0) is 7.82. The zero-order valence-electron chi connectivity index (χ0n) is 6.97. The highest BCUT2D eigenvalue weighted by Crippen LogP contribution is 2.12. The third-order valence-electron chi connectivity index (χ3n) is 1.88. The molecule has 0 saturated carbocycles. The molecule has 1 atom stereocenters. The molecule has 2 heteroatoms. The highest BCUT2D eigenvalue weighted by Gasteiger charge is 2.03. The molecular weight excluding hydrogens is 126 g/mol. The van der Waals surface area contributed by atoms with Crippen LogP contribution in [0.3, 0.4) is 0 Å². The lowest BCUT2D eigenvalue weighted by atomic mass is 10.00. The molecule has 0 amide bonds. The molecular formula is C8H17NO. The second kappa shape index (κ2) is 6.72. The van der Waals surface area contributed by atoms with Gasteiger partial charge in [-0.25, -0.2) is 0 Å². The van der Waals surface area contributed by atoms with E-state index in [0.717, 1.165) is 6.42 Å². The molecule has 0 aliphatic heterocycles. The average Bonchev–Trinajstić information content (AvgIpc) is 1.98. The van der Waals surface area contributed by atoms with Crippen LogP contribution in [0, 0.1) is 10.8 Å². The molecule has 0 aromatic rings. The summed E-state index contributed by atoms with van der Waals surface area (Å²) in [6.07, 6.45) is 4.70. The van der Waals surface area contributed by atoms with Gasteiger partial charge in [0, 0.05) is 0 Å². The first kappa shape index (κ1) is 9.60. The third-order valence-corrected chi connectivity index (χ3v) is 1.88. The molecule has 0 radical (unpaired) electrons. The number of hydrogen-bond acceptors (Lipinski definition) is 2. The van der Waals surface area contributed by atoms with Gasteiger partial charge in [-0.2, -0.15) is 4.91 Å². The van der Waals surface area contributed by atoms with Gasteiger partial charge in [-0.05, 0) is 12.3 Å². The molecule has 0 saturated heterocycles. The van der Waals surface area contributed by atoms with Crippen LogP contribution in [0.1, 0.15) is 39.5 Å². The summed E-state index contributed by atoms with van der Waals surface area (Å²) in [6, 6.07) is 0. The summed E-state index contributed by atoms with van der Waals surface area (Å²) in [5.74, 6) is 0.539. The SMILES string of the molecule is CCCCC(CC)CN=O. The Balaban J connectivity index is 3.29. The van der Waals surface area contributed by atoms with Crippen molar-refractivity contribution in [3.05, 3.63) is 4.91 Å². The maximum atomic E-state index is 9.89. The van der Waals surface area contributed by atoms with Crippen molar-refractivity contribution in [3.8, 4) is 0 Å². The van der Waals surface area contributed by atoms with Crippen molar-refractivity contribution in [3.63, 3.8) is 0 Å². The van der Waals surface area contributed by atoms with Crippen LogP contribution in [0.25, 0.3) is 0 Å². The Bertz CT molecular complexity index is 83.3. The number of unbranched alkanes of at least 4 members (excludes halogenated alkanes) is 1. The van der Waals surface area contributed by atoms with Gasteiger partial charge in [-0.1, -0.05) is 38.3 Å². The van der Waals surface area contributed by atoms with Gasteiger partial charge in [0.1, 0.15) is 0 Å². The summed E-state index contributed by atoms with van der Waals surface area (Å²) in [7, 11) is 0. The van der Waals surface area contributed by atoms with Crippen molar-refractivity contribution in [2.24, 2.45) is 11.1 Å². The van der Waals surface area contributed by atoms with Crippen molar-refractivity contribution >= 4 is 0 Å². The summed E-state index contributed by atoms with van der Waals surface area (Å²) in [5.41, 5.74) is 0. The van der Waals surface area contributed by atoms with Gasteiger partial charge in [0.05, 0.1) is 6.54 Å². The van der Waals surface area contributed by atoms with Gasteiger partial charge in [0.25, 0.3) is 0 Å². The van der Waals surface area contributed by atoms with Crippen LogP contribution in [0.2, 0.25) is 0 Å². The molecule has 0 spiro atoms. The molecule has 0 aliphatic carbocycles. The Hall–Kier alpha value is -0.400. The summed E-state index contributed by atoms with van der Waals surface area (Å²) in [6.45, 7) is 4.79. The highest BCUT2D eigenvalue weighted by atomic mass is 16.3. The Morgan fingerprint density at radius 3 is 2.50 bits per heavy atom. The fraction of sp³-hybridized carbons (Fsp3) is 1.00. The van der Waals surface area contributed by atoms with Crippen LogP contribution in [0.15, 0.2) is 5.18 Å². The summed E-state index contributed by atoms with van der Waals surface area (Å²) in [5, 5.41) is 2.91. The predicted octanol–water partition coefficient (Wildman–Crippen LogP) is 2.97. The molecule has 2 nitrogen and oxygen atoms in total. The number of hydrogen-bond donors (Lipinski definition) is 0. The molecule has 0 N–H and O–H groups in total. The molecule has 0 rings (SSSR count). The average molecular weight is 143 g/mol. The number of nitrogens with zero attached hydrogens (tertiary/aromatic N) is 1. The largest absolute Gasteiger partial charge is 0.151 e. The lowest BCUT2D eigenvalue weighted by Crippen LogP contribution is -2.01. The topological polar surface area (TPSA) is 29.4 Å². The van der Waals surface area contributed by atoms with Gasteiger partial charge in [-0.3, -0.25) is 0 Å². The van der Waals surface area contributed by atoms with E-state index in [9.17, 15) is 4.91 Å². The van der Waals surface area contributed by atoms with E-state index >= 15 is 0 Å². The standard InChI is InChI=1S/C8H17NO/c1-3-5-6-8(4-2)7-9-10/h8H,3-7H2,1-2H3. The number of rotatable bonds is 6. The minimum absolute atomic E-state index is 0.510. The second-order valence-corrected chi connectivity index (χ2v) is 2.73. The van der Waals surface area contributed by atoms with Crippen molar-refractivity contribution in [1.82, 2.24) is 0 Å². The van der Waals surface area contributed by atoms with Crippen LogP contribution in [0.4, 0.5) is 0 Å². The van der Waals surface area contributed by atoms with Gasteiger partial charge >= 0.3 is 0 Å². The predicted molar refractivity (Wildman–Crippen MR) is 44.0 cm³/mol. The summed E-state index contributed by atoms with van der Waals surface area (Å²) < 4.78 is 0. The van der Waals surface area contributed by atoms with Crippen molar-refractivity contribution < 1.29 is 0 Å². The van der Waals surface area contributed by atoms with Crippen molar-refractivity contribution in [1.29, 1.82) is 0 Å². The molecule has 0 fully saturated rings. The number of nitroso groups, excluding NO2 is 1. The quantitative estimate of drug-likeness (QED) is 0.525. The van der Waals surface area contributed by atoms with E-state index < -0.39 is 0 Å². The van der Waals surface area contributed by atoms with Crippen LogP contribution >= 0.6 is 0 Å². The van der Waals surface area contributed by atoms with E-state index in [0.29, 0.717) is 12.5 Å². The normalized spacial score (nSPS) is 13.0. The van der Waals surface area contributed by atoms with Gasteiger partial charge in [-0.15, -0.1) is 0 Å². The van der Waals surface area contributed by atoms with Crippen LogP contribution in [-0.4, -0.2) is 6.54 Å². The summed E-state index contributed by atoms with van der Waals surface area (Å²) in [4.78, 5) is 9.89.